The molecule has 0 spiro atoms. The molecule has 1 saturated carbocycles. The first-order valence-electron chi connectivity index (χ1n) is 10.9. The standard InChI is InChI=1S/C22H30Cl2FN3O/c23-17-7-6-16(14-18(17)24)15-21(29)28-13-12-27(11-8-25)20-5-3-4-19(22(20)28)26-9-1-2-10-26/h6-7,14,19-20,22H,1-5,8-13,15H2/t19-,20-,22+/m0/s1. The summed E-state index contributed by atoms with van der Waals surface area (Å²) < 4.78 is 13.2. The Bertz CT molecular complexity index is 728. The molecular formula is C22H30Cl2FN3O. The molecule has 2 saturated heterocycles. The van der Waals surface area contributed by atoms with E-state index in [1.54, 1.807) is 12.1 Å². The zero-order chi connectivity index (χ0) is 20.4. The molecule has 0 bridgehead atoms. The smallest absolute Gasteiger partial charge is 0.227 e. The first-order valence-corrected chi connectivity index (χ1v) is 11.6. The van der Waals surface area contributed by atoms with Gasteiger partial charge in [-0.05, 0) is 56.5 Å². The van der Waals surface area contributed by atoms with Gasteiger partial charge in [0.2, 0.25) is 5.91 Å². The average molecular weight is 442 g/mol. The summed E-state index contributed by atoms with van der Waals surface area (Å²) in [5.74, 6) is 0.143. The van der Waals surface area contributed by atoms with Crippen molar-refractivity contribution in [2.24, 2.45) is 0 Å². The van der Waals surface area contributed by atoms with E-state index in [0.29, 0.717) is 35.6 Å². The lowest BCUT2D eigenvalue weighted by Crippen LogP contribution is -2.69. The summed E-state index contributed by atoms with van der Waals surface area (Å²) in [6.07, 6.45) is 6.13. The van der Waals surface area contributed by atoms with E-state index < -0.39 is 0 Å². The van der Waals surface area contributed by atoms with Gasteiger partial charge in [0.15, 0.2) is 0 Å². The van der Waals surface area contributed by atoms with E-state index >= 15 is 0 Å². The van der Waals surface area contributed by atoms with Crippen LogP contribution in [0, 0.1) is 0 Å². The number of carbonyl (C=O) groups excluding carboxylic acids is 1. The minimum absolute atomic E-state index is 0.143. The number of nitrogens with zero attached hydrogens (tertiary/aromatic N) is 3. The van der Waals surface area contributed by atoms with Crippen LogP contribution in [-0.4, -0.2) is 78.1 Å². The molecule has 2 heterocycles. The second kappa shape index (κ2) is 9.51. The van der Waals surface area contributed by atoms with Gasteiger partial charge in [-0.15, -0.1) is 0 Å². The predicted molar refractivity (Wildman–Crippen MR) is 115 cm³/mol. The van der Waals surface area contributed by atoms with Gasteiger partial charge in [-0.25, -0.2) is 4.39 Å². The van der Waals surface area contributed by atoms with E-state index in [1.165, 1.54) is 12.8 Å². The van der Waals surface area contributed by atoms with E-state index in [-0.39, 0.29) is 24.7 Å². The van der Waals surface area contributed by atoms with Crippen LogP contribution in [-0.2, 0) is 11.2 Å². The van der Waals surface area contributed by atoms with Crippen LogP contribution >= 0.6 is 23.2 Å². The van der Waals surface area contributed by atoms with Gasteiger partial charge in [-0.2, -0.15) is 0 Å². The monoisotopic (exact) mass is 441 g/mol. The van der Waals surface area contributed by atoms with Gasteiger partial charge >= 0.3 is 0 Å². The highest BCUT2D eigenvalue weighted by molar-refractivity contribution is 6.42. The van der Waals surface area contributed by atoms with Gasteiger partial charge in [0.05, 0.1) is 22.5 Å². The Balaban J connectivity index is 1.56. The number of likely N-dealkylation sites (tertiary alicyclic amines) is 1. The Morgan fingerprint density at radius 3 is 2.48 bits per heavy atom. The third-order valence-corrected chi connectivity index (χ3v) is 7.63. The molecule has 1 aliphatic carbocycles. The summed E-state index contributed by atoms with van der Waals surface area (Å²) in [4.78, 5) is 20.3. The molecule has 3 aliphatic rings. The van der Waals surface area contributed by atoms with Crippen molar-refractivity contribution < 1.29 is 9.18 Å². The van der Waals surface area contributed by atoms with Gasteiger partial charge < -0.3 is 4.90 Å². The topological polar surface area (TPSA) is 26.8 Å². The Morgan fingerprint density at radius 1 is 1.00 bits per heavy atom. The van der Waals surface area contributed by atoms with Crippen molar-refractivity contribution in [3.8, 4) is 0 Å². The summed E-state index contributed by atoms with van der Waals surface area (Å²) in [5.41, 5.74) is 0.890. The second-order valence-corrected chi connectivity index (χ2v) is 9.35. The van der Waals surface area contributed by atoms with Crippen molar-refractivity contribution in [1.29, 1.82) is 0 Å². The van der Waals surface area contributed by atoms with Crippen LogP contribution in [0.1, 0.15) is 37.7 Å². The lowest BCUT2D eigenvalue weighted by molar-refractivity contribution is -0.143. The molecule has 1 amide bonds. The van der Waals surface area contributed by atoms with E-state index in [4.69, 9.17) is 23.2 Å². The number of piperazine rings is 1. The van der Waals surface area contributed by atoms with Crippen LogP contribution in [0.2, 0.25) is 10.0 Å². The summed E-state index contributed by atoms with van der Waals surface area (Å²) >= 11 is 12.2. The molecule has 4 nitrogen and oxygen atoms in total. The van der Waals surface area contributed by atoms with Crippen molar-refractivity contribution in [2.75, 3.05) is 39.4 Å². The minimum atomic E-state index is -0.325. The molecule has 2 aliphatic heterocycles. The number of halogens is 3. The number of carbonyl (C=O) groups is 1. The molecule has 29 heavy (non-hydrogen) atoms. The molecule has 1 aromatic carbocycles. The number of alkyl halides is 1. The summed E-state index contributed by atoms with van der Waals surface area (Å²) in [6.45, 7) is 3.81. The average Bonchev–Trinajstić information content (AvgIpc) is 3.25. The maximum atomic E-state index is 13.4. The maximum absolute atomic E-state index is 13.4. The Kier molecular flexibility index (Phi) is 7.00. The lowest BCUT2D eigenvalue weighted by atomic mass is 9.81. The zero-order valence-electron chi connectivity index (χ0n) is 16.8. The van der Waals surface area contributed by atoms with Crippen LogP contribution in [0.4, 0.5) is 4.39 Å². The molecule has 0 aromatic heterocycles. The van der Waals surface area contributed by atoms with E-state index in [1.807, 2.05) is 6.07 Å². The van der Waals surface area contributed by atoms with E-state index in [2.05, 4.69) is 14.7 Å². The molecule has 1 aromatic rings. The third-order valence-electron chi connectivity index (χ3n) is 6.89. The zero-order valence-corrected chi connectivity index (χ0v) is 18.3. The van der Waals surface area contributed by atoms with Crippen molar-refractivity contribution in [3.05, 3.63) is 33.8 Å². The van der Waals surface area contributed by atoms with Crippen LogP contribution in [0.25, 0.3) is 0 Å². The Morgan fingerprint density at radius 2 is 1.76 bits per heavy atom. The molecule has 0 unspecified atom stereocenters. The van der Waals surface area contributed by atoms with Crippen molar-refractivity contribution in [2.45, 2.75) is 56.7 Å². The largest absolute Gasteiger partial charge is 0.335 e. The maximum Gasteiger partial charge on any atom is 0.227 e. The molecule has 0 radical (unpaired) electrons. The van der Waals surface area contributed by atoms with Gasteiger partial charge in [0.1, 0.15) is 6.67 Å². The normalized spacial score (nSPS) is 28.5. The third kappa shape index (κ3) is 4.58. The van der Waals surface area contributed by atoms with E-state index in [0.717, 1.165) is 44.5 Å². The van der Waals surface area contributed by atoms with Crippen LogP contribution < -0.4 is 0 Å². The molecule has 160 valence electrons. The lowest BCUT2D eigenvalue weighted by Gasteiger charge is -2.54. The number of fused-ring (bicyclic) bond motifs is 1. The highest BCUT2D eigenvalue weighted by Crippen LogP contribution is 2.35. The van der Waals surface area contributed by atoms with Gasteiger partial charge in [0, 0.05) is 31.7 Å². The summed E-state index contributed by atoms with van der Waals surface area (Å²) in [5, 5.41) is 0.986. The molecule has 3 atom stereocenters. The van der Waals surface area contributed by atoms with Crippen LogP contribution in [0.15, 0.2) is 18.2 Å². The first-order chi connectivity index (χ1) is 14.1. The van der Waals surface area contributed by atoms with Gasteiger partial charge in [-0.3, -0.25) is 14.6 Å². The molecule has 3 fully saturated rings. The number of hydrogen-bond donors (Lipinski definition) is 0. The van der Waals surface area contributed by atoms with Crippen molar-refractivity contribution in [1.82, 2.24) is 14.7 Å². The SMILES string of the molecule is O=C(Cc1ccc(Cl)c(Cl)c1)N1CCN(CCF)[C@H]2CCC[C@H](N3CCCC3)[C@H]21. The van der Waals surface area contributed by atoms with Gasteiger partial charge in [0.25, 0.3) is 0 Å². The number of rotatable bonds is 5. The number of hydrogen-bond acceptors (Lipinski definition) is 3. The Hall–Kier alpha value is -0.880. The highest BCUT2D eigenvalue weighted by Gasteiger charge is 2.46. The number of benzene rings is 1. The second-order valence-electron chi connectivity index (χ2n) is 8.54. The molecule has 0 N–H and O–H groups in total. The highest BCUT2D eigenvalue weighted by atomic mass is 35.5. The Labute approximate surface area is 182 Å². The molecule has 4 rings (SSSR count). The quantitative estimate of drug-likeness (QED) is 0.689. The van der Waals surface area contributed by atoms with Gasteiger partial charge in [-0.1, -0.05) is 35.7 Å². The minimum Gasteiger partial charge on any atom is -0.335 e. The first kappa shape index (κ1) is 21.4. The van der Waals surface area contributed by atoms with E-state index in [9.17, 15) is 9.18 Å². The fraction of sp³-hybridized carbons (Fsp3) is 0.682. The van der Waals surface area contributed by atoms with Crippen LogP contribution in [0.5, 0.6) is 0 Å². The summed E-state index contributed by atoms with van der Waals surface area (Å²) in [6, 6.07) is 6.21. The predicted octanol–water partition coefficient (Wildman–Crippen LogP) is 4.04. The fourth-order valence-corrected chi connectivity index (χ4v) is 5.89. The number of amides is 1. The van der Waals surface area contributed by atoms with Crippen molar-refractivity contribution in [3.63, 3.8) is 0 Å². The summed E-state index contributed by atoms with van der Waals surface area (Å²) in [7, 11) is 0. The van der Waals surface area contributed by atoms with Crippen molar-refractivity contribution >= 4 is 29.1 Å². The molecule has 7 heteroatoms. The van der Waals surface area contributed by atoms with Crippen LogP contribution in [0.3, 0.4) is 0 Å². The molecular weight excluding hydrogens is 412 g/mol. The fourth-order valence-electron chi connectivity index (χ4n) is 5.57.